The highest BCUT2D eigenvalue weighted by atomic mass is 32.1. The largest absolute Gasteiger partial charge is 0.472 e. The number of carbonyl (C=O) groups is 1. The molecule has 1 aromatic carbocycles. The molecule has 27 heavy (non-hydrogen) atoms. The molecule has 0 radical (unpaired) electrons. The van der Waals surface area contributed by atoms with E-state index in [1.54, 1.807) is 12.3 Å². The van der Waals surface area contributed by atoms with E-state index in [0.29, 0.717) is 23.9 Å². The van der Waals surface area contributed by atoms with Gasteiger partial charge in [-0.25, -0.2) is 9.97 Å². The van der Waals surface area contributed by atoms with Crippen molar-refractivity contribution in [3.05, 3.63) is 59.5 Å². The highest BCUT2D eigenvalue weighted by Gasteiger charge is 2.27. The SMILES string of the molecule is Cc1nccc(O[C@@H]2CCCN(C(=O)c3csc(-c4ccccc4)n3)C2)n1. The summed E-state index contributed by atoms with van der Waals surface area (Å²) in [7, 11) is 0. The molecule has 0 bridgehead atoms. The summed E-state index contributed by atoms with van der Waals surface area (Å²) in [6.07, 6.45) is 3.42. The van der Waals surface area contributed by atoms with Crippen LogP contribution in [0.3, 0.4) is 0 Å². The molecule has 7 heteroatoms. The highest BCUT2D eigenvalue weighted by Crippen LogP contribution is 2.25. The molecule has 1 fully saturated rings. The quantitative estimate of drug-likeness (QED) is 0.692. The smallest absolute Gasteiger partial charge is 0.273 e. The maximum atomic E-state index is 12.9. The molecule has 3 heterocycles. The van der Waals surface area contributed by atoms with Crippen LogP contribution in [0, 0.1) is 6.92 Å². The van der Waals surface area contributed by atoms with Gasteiger partial charge in [0.2, 0.25) is 5.88 Å². The zero-order chi connectivity index (χ0) is 18.6. The number of aromatic nitrogens is 3. The van der Waals surface area contributed by atoms with Gasteiger partial charge >= 0.3 is 0 Å². The van der Waals surface area contributed by atoms with Crippen molar-refractivity contribution in [3.63, 3.8) is 0 Å². The van der Waals surface area contributed by atoms with Gasteiger partial charge in [-0.05, 0) is 19.8 Å². The third-order valence-corrected chi connectivity index (χ3v) is 5.34. The van der Waals surface area contributed by atoms with Gasteiger partial charge in [0.25, 0.3) is 5.91 Å². The molecule has 1 amide bonds. The summed E-state index contributed by atoms with van der Waals surface area (Å²) < 4.78 is 5.96. The van der Waals surface area contributed by atoms with E-state index in [4.69, 9.17) is 4.74 Å². The number of rotatable bonds is 4. The van der Waals surface area contributed by atoms with Gasteiger partial charge in [0.15, 0.2) is 0 Å². The lowest BCUT2D eigenvalue weighted by atomic mass is 10.1. The van der Waals surface area contributed by atoms with Crippen molar-refractivity contribution in [3.8, 4) is 16.5 Å². The predicted octanol–water partition coefficient (Wildman–Crippen LogP) is 3.59. The number of nitrogens with zero attached hydrogens (tertiary/aromatic N) is 4. The second-order valence-electron chi connectivity index (χ2n) is 6.48. The number of thiazole rings is 1. The molecule has 1 saturated heterocycles. The third kappa shape index (κ3) is 4.14. The Hall–Kier alpha value is -2.80. The van der Waals surface area contributed by atoms with Crippen LogP contribution in [-0.2, 0) is 0 Å². The molecule has 0 N–H and O–H groups in total. The Bertz CT molecular complexity index is 928. The van der Waals surface area contributed by atoms with Crippen LogP contribution in [0.1, 0.15) is 29.2 Å². The maximum absolute atomic E-state index is 12.9. The topological polar surface area (TPSA) is 68.2 Å². The van der Waals surface area contributed by atoms with Gasteiger partial charge in [0, 0.05) is 29.8 Å². The summed E-state index contributed by atoms with van der Waals surface area (Å²) in [5.74, 6) is 1.19. The van der Waals surface area contributed by atoms with Gasteiger partial charge in [-0.2, -0.15) is 4.98 Å². The summed E-state index contributed by atoms with van der Waals surface area (Å²) >= 11 is 1.49. The molecule has 6 nitrogen and oxygen atoms in total. The Morgan fingerprint density at radius 2 is 2.07 bits per heavy atom. The van der Waals surface area contributed by atoms with Crippen molar-refractivity contribution in [2.75, 3.05) is 13.1 Å². The normalized spacial score (nSPS) is 16.9. The van der Waals surface area contributed by atoms with Gasteiger partial charge in [-0.15, -0.1) is 11.3 Å². The fraction of sp³-hybridized carbons (Fsp3) is 0.300. The van der Waals surface area contributed by atoms with Crippen molar-refractivity contribution >= 4 is 17.2 Å². The van der Waals surface area contributed by atoms with Crippen LogP contribution < -0.4 is 4.74 Å². The fourth-order valence-corrected chi connectivity index (χ4v) is 3.94. The summed E-state index contributed by atoms with van der Waals surface area (Å²) in [5.41, 5.74) is 1.53. The van der Waals surface area contributed by atoms with E-state index in [0.717, 1.165) is 30.0 Å². The molecule has 1 atom stereocenters. The van der Waals surface area contributed by atoms with Gasteiger partial charge in [0.1, 0.15) is 22.6 Å². The highest BCUT2D eigenvalue weighted by molar-refractivity contribution is 7.13. The molecule has 1 aliphatic rings. The molecule has 0 spiro atoms. The molecule has 138 valence electrons. The standard InChI is InChI=1S/C20H20N4O2S/c1-14-21-10-9-18(22-14)26-16-8-5-11-24(12-16)20(25)17-13-27-19(23-17)15-6-3-2-4-7-15/h2-4,6-7,9-10,13,16H,5,8,11-12H2,1H3/t16-/m1/s1. The maximum Gasteiger partial charge on any atom is 0.273 e. The van der Waals surface area contributed by atoms with E-state index in [-0.39, 0.29) is 12.0 Å². The number of aryl methyl sites for hydroxylation is 1. The Morgan fingerprint density at radius 1 is 1.22 bits per heavy atom. The van der Waals surface area contributed by atoms with Gasteiger partial charge < -0.3 is 9.64 Å². The Kier molecular flexibility index (Phi) is 5.11. The second kappa shape index (κ2) is 7.84. The number of likely N-dealkylation sites (tertiary alicyclic amines) is 1. The Labute approximate surface area is 161 Å². The number of benzene rings is 1. The van der Waals surface area contributed by atoms with Crippen molar-refractivity contribution in [2.45, 2.75) is 25.9 Å². The minimum atomic E-state index is -0.0655. The Balaban J connectivity index is 1.43. The van der Waals surface area contributed by atoms with Crippen LogP contribution in [0.15, 0.2) is 48.0 Å². The number of ether oxygens (including phenoxy) is 1. The zero-order valence-electron chi connectivity index (χ0n) is 15.0. The molecular weight excluding hydrogens is 360 g/mol. The molecule has 0 saturated carbocycles. The number of amides is 1. The van der Waals surface area contributed by atoms with Crippen molar-refractivity contribution in [1.29, 1.82) is 0 Å². The van der Waals surface area contributed by atoms with Gasteiger partial charge in [-0.1, -0.05) is 30.3 Å². The van der Waals surface area contributed by atoms with Crippen LogP contribution in [0.25, 0.3) is 10.6 Å². The number of carbonyl (C=O) groups excluding carboxylic acids is 1. The first kappa shape index (κ1) is 17.6. The summed E-state index contributed by atoms with van der Waals surface area (Å²) in [6, 6.07) is 11.7. The van der Waals surface area contributed by atoms with Crippen molar-refractivity contribution in [2.24, 2.45) is 0 Å². The molecule has 2 aromatic heterocycles. The summed E-state index contributed by atoms with van der Waals surface area (Å²) in [5, 5.41) is 2.70. The first-order valence-corrected chi connectivity index (χ1v) is 9.83. The van der Waals surface area contributed by atoms with Crippen LogP contribution in [0.2, 0.25) is 0 Å². The minimum Gasteiger partial charge on any atom is -0.472 e. The average Bonchev–Trinajstić information content (AvgIpc) is 3.19. The van der Waals surface area contributed by atoms with Gasteiger partial charge in [-0.3, -0.25) is 4.79 Å². The van der Waals surface area contributed by atoms with Crippen molar-refractivity contribution in [1.82, 2.24) is 19.9 Å². The lowest BCUT2D eigenvalue weighted by Crippen LogP contribution is -2.44. The van der Waals surface area contributed by atoms with Crippen molar-refractivity contribution < 1.29 is 9.53 Å². The molecule has 0 aliphatic carbocycles. The second-order valence-corrected chi connectivity index (χ2v) is 7.34. The monoisotopic (exact) mass is 380 g/mol. The van der Waals surface area contributed by atoms with E-state index in [2.05, 4.69) is 15.0 Å². The van der Waals surface area contributed by atoms with Gasteiger partial charge in [0.05, 0.1) is 6.54 Å². The fourth-order valence-electron chi connectivity index (χ4n) is 3.14. The van der Waals surface area contributed by atoms with Crippen LogP contribution in [0.5, 0.6) is 5.88 Å². The van der Waals surface area contributed by atoms with Crippen LogP contribution >= 0.6 is 11.3 Å². The van der Waals surface area contributed by atoms with E-state index < -0.39 is 0 Å². The number of piperidine rings is 1. The molecular formula is C20H20N4O2S. The third-order valence-electron chi connectivity index (χ3n) is 4.45. The Morgan fingerprint density at radius 3 is 2.89 bits per heavy atom. The van der Waals surface area contributed by atoms with E-state index in [9.17, 15) is 4.79 Å². The number of hydrogen-bond donors (Lipinski definition) is 0. The lowest BCUT2D eigenvalue weighted by molar-refractivity contribution is 0.0522. The minimum absolute atomic E-state index is 0.0411. The van der Waals surface area contributed by atoms with Crippen LogP contribution in [-0.4, -0.2) is 45.0 Å². The summed E-state index contributed by atoms with van der Waals surface area (Å²) in [6.45, 7) is 3.09. The molecule has 1 aliphatic heterocycles. The molecule has 4 rings (SSSR count). The lowest BCUT2D eigenvalue weighted by Gasteiger charge is -2.32. The van der Waals surface area contributed by atoms with E-state index in [1.807, 2.05) is 47.5 Å². The number of hydrogen-bond acceptors (Lipinski definition) is 6. The van der Waals surface area contributed by atoms with E-state index >= 15 is 0 Å². The predicted molar refractivity (Wildman–Crippen MR) is 104 cm³/mol. The average molecular weight is 380 g/mol. The zero-order valence-corrected chi connectivity index (χ0v) is 15.9. The molecule has 3 aromatic rings. The van der Waals surface area contributed by atoms with E-state index in [1.165, 1.54) is 11.3 Å². The summed E-state index contributed by atoms with van der Waals surface area (Å²) in [4.78, 5) is 27.6. The molecule has 0 unspecified atom stereocenters. The first-order valence-electron chi connectivity index (χ1n) is 8.95. The van der Waals surface area contributed by atoms with Crippen LogP contribution in [0.4, 0.5) is 0 Å². The first-order chi connectivity index (χ1) is 13.2.